The molecule has 136 valence electrons. The van der Waals surface area contributed by atoms with Gasteiger partial charge in [-0.05, 0) is 24.3 Å². The number of methoxy groups -OCH3 is 1. The first-order valence-electron chi connectivity index (χ1n) is 7.99. The Morgan fingerprint density at radius 2 is 1.76 bits per heavy atom. The lowest BCUT2D eigenvalue weighted by molar-refractivity contribution is -0.243. The molecule has 1 aromatic carbocycles. The van der Waals surface area contributed by atoms with Gasteiger partial charge in [-0.3, -0.25) is 9.59 Å². The maximum atomic E-state index is 12.1. The lowest BCUT2D eigenvalue weighted by Gasteiger charge is -2.42. The quantitative estimate of drug-likeness (QED) is 0.592. The van der Waals surface area contributed by atoms with Crippen molar-refractivity contribution in [3.05, 3.63) is 29.8 Å². The van der Waals surface area contributed by atoms with Crippen molar-refractivity contribution in [3.63, 3.8) is 0 Å². The molecule has 0 N–H and O–H groups in total. The van der Waals surface area contributed by atoms with Gasteiger partial charge in [0.1, 0.15) is 18.1 Å². The molecule has 0 aliphatic carbocycles. The van der Waals surface area contributed by atoms with Crippen LogP contribution in [0.15, 0.2) is 24.3 Å². The minimum Gasteiger partial charge on any atom is -0.467 e. The maximum absolute atomic E-state index is 12.1. The molecule has 5 atom stereocenters. The van der Waals surface area contributed by atoms with Crippen molar-refractivity contribution in [3.8, 4) is 5.75 Å². The average Bonchev–Trinajstić information content (AvgIpc) is 2.61. The summed E-state index contributed by atoms with van der Waals surface area (Å²) in [6.45, 7) is 5.03. The highest BCUT2D eigenvalue weighted by Crippen LogP contribution is 2.34. The Morgan fingerprint density at radius 3 is 2.28 bits per heavy atom. The van der Waals surface area contributed by atoms with Crippen LogP contribution in [0.5, 0.6) is 5.75 Å². The number of esters is 2. The van der Waals surface area contributed by atoms with Crippen LogP contribution in [0.25, 0.3) is 0 Å². The van der Waals surface area contributed by atoms with E-state index >= 15 is 0 Å². The van der Waals surface area contributed by atoms with Gasteiger partial charge >= 0.3 is 11.9 Å². The summed E-state index contributed by atoms with van der Waals surface area (Å²) in [6, 6.07) is 6.54. The van der Waals surface area contributed by atoms with E-state index in [1.165, 1.54) is 14.0 Å². The second-order valence-corrected chi connectivity index (χ2v) is 6.05. The van der Waals surface area contributed by atoms with Crippen LogP contribution in [0.1, 0.15) is 31.1 Å². The smallest absolute Gasteiger partial charge is 0.339 e. The fraction of sp³-hybridized carbons (Fsp3) is 0.500. The van der Waals surface area contributed by atoms with Crippen molar-refractivity contribution in [2.24, 2.45) is 11.8 Å². The molecule has 0 spiro atoms. The molecule has 2 rings (SSSR count). The second-order valence-electron chi connectivity index (χ2n) is 6.05. The third-order valence-electron chi connectivity index (χ3n) is 4.36. The zero-order valence-corrected chi connectivity index (χ0v) is 14.6. The zero-order valence-electron chi connectivity index (χ0n) is 14.6. The highest BCUT2D eigenvalue weighted by atomic mass is 16.7. The van der Waals surface area contributed by atoms with Crippen molar-refractivity contribution in [2.75, 3.05) is 7.11 Å². The van der Waals surface area contributed by atoms with Gasteiger partial charge in [0.2, 0.25) is 6.29 Å². The number of hydrogen-bond donors (Lipinski definition) is 0. The summed E-state index contributed by atoms with van der Waals surface area (Å²) < 4.78 is 21.6. The van der Waals surface area contributed by atoms with Gasteiger partial charge in [-0.2, -0.15) is 0 Å². The van der Waals surface area contributed by atoms with Crippen LogP contribution in [0.4, 0.5) is 0 Å². The molecule has 0 unspecified atom stereocenters. The Bertz CT molecular complexity index is 625. The van der Waals surface area contributed by atoms with E-state index < -0.39 is 30.4 Å². The number of rotatable bonds is 5. The van der Waals surface area contributed by atoms with Crippen LogP contribution in [0.2, 0.25) is 0 Å². The Balaban J connectivity index is 2.20. The van der Waals surface area contributed by atoms with Gasteiger partial charge in [-0.15, -0.1) is 0 Å². The minimum atomic E-state index is -1.07. The lowest BCUT2D eigenvalue weighted by atomic mass is 9.84. The van der Waals surface area contributed by atoms with Crippen LogP contribution in [0, 0.1) is 11.8 Å². The topological polar surface area (TPSA) is 88.1 Å². The zero-order chi connectivity index (χ0) is 18.6. The summed E-state index contributed by atoms with van der Waals surface area (Å²) in [5.41, 5.74) is 0.528. The summed E-state index contributed by atoms with van der Waals surface area (Å²) >= 11 is 0. The summed E-state index contributed by atoms with van der Waals surface area (Å²) in [4.78, 5) is 34.1. The molecule has 0 aromatic heterocycles. The van der Waals surface area contributed by atoms with Gasteiger partial charge < -0.3 is 18.9 Å². The van der Waals surface area contributed by atoms with E-state index in [0.29, 0.717) is 11.3 Å². The highest BCUT2D eigenvalue weighted by Gasteiger charge is 2.48. The molecule has 25 heavy (non-hydrogen) atoms. The molecular weight excluding hydrogens is 328 g/mol. The van der Waals surface area contributed by atoms with Gasteiger partial charge in [0.05, 0.1) is 7.11 Å². The third kappa shape index (κ3) is 4.36. The number of benzene rings is 1. The highest BCUT2D eigenvalue weighted by molar-refractivity contribution is 5.76. The van der Waals surface area contributed by atoms with E-state index in [9.17, 15) is 14.4 Å². The second kappa shape index (κ2) is 8.11. The summed E-state index contributed by atoms with van der Waals surface area (Å²) in [7, 11) is 1.24. The van der Waals surface area contributed by atoms with Crippen LogP contribution in [-0.4, -0.2) is 43.8 Å². The standard InChI is InChI=1S/C18H22O7/c1-10-11(2)18(24-14-7-5-13(9-19)6-8-14)25-16(17(21)22-4)15(10)23-12(3)20/h5-11,15-16,18H,1-4H3/t10-,11-,15+,16+,18-/m1/s1. The predicted octanol–water partition coefficient (Wildman–Crippen LogP) is 1.98. The molecule has 1 heterocycles. The Labute approximate surface area is 146 Å². The molecule has 0 bridgehead atoms. The molecular formula is C18H22O7. The number of hydrogen-bond acceptors (Lipinski definition) is 7. The first kappa shape index (κ1) is 18.9. The van der Waals surface area contributed by atoms with Crippen molar-refractivity contribution in [1.82, 2.24) is 0 Å². The van der Waals surface area contributed by atoms with E-state index in [-0.39, 0.29) is 11.8 Å². The number of aldehydes is 1. The van der Waals surface area contributed by atoms with E-state index in [2.05, 4.69) is 0 Å². The Morgan fingerprint density at radius 1 is 1.12 bits per heavy atom. The maximum Gasteiger partial charge on any atom is 0.339 e. The molecule has 1 aliphatic rings. The van der Waals surface area contributed by atoms with Crippen LogP contribution in [0.3, 0.4) is 0 Å². The Hall–Kier alpha value is -2.41. The van der Waals surface area contributed by atoms with Crippen LogP contribution < -0.4 is 4.74 Å². The van der Waals surface area contributed by atoms with Crippen molar-refractivity contribution < 1.29 is 33.3 Å². The largest absolute Gasteiger partial charge is 0.467 e. The third-order valence-corrected chi connectivity index (χ3v) is 4.36. The normalized spacial score (nSPS) is 28.7. The molecule has 1 fully saturated rings. The molecule has 1 aromatic rings. The number of ether oxygens (including phenoxy) is 4. The fourth-order valence-corrected chi connectivity index (χ4v) is 2.73. The first-order chi connectivity index (χ1) is 11.9. The first-order valence-corrected chi connectivity index (χ1v) is 7.99. The van der Waals surface area contributed by atoms with Crippen molar-refractivity contribution in [1.29, 1.82) is 0 Å². The monoisotopic (exact) mass is 350 g/mol. The van der Waals surface area contributed by atoms with E-state index in [4.69, 9.17) is 18.9 Å². The van der Waals surface area contributed by atoms with Gasteiger partial charge in [-0.25, -0.2) is 4.79 Å². The van der Waals surface area contributed by atoms with Gasteiger partial charge in [0, 0.05) is 24.3 Å². The van der Waals surface area contributed by atoms with E-state index in [0.717, 1.165) is 6.29 Å². The molecule has 7 nitrogen and oxygen atoms in total. The molecule has 1 saturated heterocycles. The summed E-state index contributed by atoms with van der Waals surface area (Å²) in [5.74, 6) is -0.971. The van der Waals surface area contributed by atoms with Gasteiger partial charge in [0.25, 0.3) is 0 Å². The number of carbonyl (C=O) groups excluding carboxylic acids is 3. The lowest BCUT2D eigenvalue weighted by Crippen LogP contribution is -2.55. The van der Waals surface area contributed by atoms with Gasteiger partial charge in [-0.1, -0.05) is 13.8 Å². The minimum absolute atomic E-state index is 0.156. The summed E-state index contributed by atoms with van der Waals surface area (Å²) in [5, 5.41) is 0. The molecule has 1 aliphatic heterocycles. The van der Waals surface area contributed by atoms with E-state index in [1.807, 2.05) is 13.8 Å². The van der Waals surface area contributed by atoms with Crippen LogP contribution >= 0.6 is 0 Å². The summed E-state index contributed by atoms with van der Waals surface area (Å²) in [6.07, 6.45) is -1.81. The van der Waals surface area contributed by atoms with Crippen molar-refractivity contribution in [2.45, 2.75) is 39.3 Å². The SMILES string of the molecule is COC(=O)[C@H]1O[C@@H](Oc2ccc(C=O)cc2)[C@H](C)[C@@H](C)[C@@H]1OC(C)=O. The van der Waals surface area contributed by atoms with Gasteiger partial charge in [0.15, 0.2) is 6.10 Å². The Kier molecular flexibility index (Phi) is 6.14. The van der Waals surface area contributed by atoms with E-state index in [1.54, 1.807) is 24.3 Å². The fourth-order valence-electron chi connectivity index (χ4n) is 2.73. The molecule has 0 saturated carbocycles. The van der Waals surface area contributed by atoms with Crippen molar-refractivity contribution >= 4 is 18.2 Å². The predicted molar refractivity (Wildman–Crippen MR) is 87.0 cm³/mol. The molecule has 0 amide bonds. The number of carbonyl (C=O) groups is 3. The van der Waals surface area contributed by atoms with Crippen LogP contribution in [-0.2, 0) is 23.8 Å². The molecule has 7 heteroatoms. The molecule has 0 radical (unpaired) electrons. The average molecular weight is 350 g/mol.